The van der Waals surface area contributed by atoms with Gasteiger partial charge in [-0.3, -0.25) is 4.90 Å². The number of hydrogen-bond acceptors (Lipinski definition) is 4. The van der Waals surface area contributed by atoms with E-state index in [-0.39, 0.29) is 0 Å². The molecular weight excluding hydrogens is 262 g/mol. The van der Waals surface area contributed by atoms with E-state index < -0.39 is 0 Å². The van der Waals surface area contributed by atoms with Crippen molar-refractivity contribution >= 4 is 0 Å². The maximum absolute atomic E-state index is 5.87. The van der Waals surface area contributed by atoms with Crippen LogP contribution in [-0.4, -0.2) is 29.7 Å². The molecule has 1 aliphatic carbocycles. The number of aromatic nitrogens is 1. The van der Waals surface area contributed by atoms with Crippen LogP contribution in [0.3, 0.4) is 0 Å². The molecule has 2 unspecified atom stereocenters. The number of hydrogen-bond donors (Lipinski definition) is 1. The summed E-state index contributed by atoms with van der Waals surface area (Å²) in [5.74, 6) is 1.45. The van der Waals surface area contributed by atoms with E-state index in [4.69, 9.17) is 10.3 Å². The van der Waals surface area contributed by atoms with Crippen molar-refractivity contribution < 1.29 is 4.52 Å². The minimum atomic E-state index is 0.576. The van der Waals surface area contributed by atoms with Crippen molar-refractivity contribution in [1.82, 2.24) is 10.1 Å². The number of nitrogens with zero attached hydrogens (tertiary/aromatic N) is 2. The van der Waals surface area contributed by atoms with Crippen LogP contribution < -0.4 is 5.73 Å². The fourth-order valence-corrected chi connectivity index (χ4v) is 3.37. The fourth-order valence-electron chi connectivity index (χ4n) is 3.37. The highest BCUT2D eigenvalue weighted by Crippen LogP contribution is 2.29. The summed E-state index contributed by atoms with van der Waals surface area (Å²) in [4.78, 5) is 2.37. The molecule has 2 aromatic rings. The first-order chi connectivity index (χ1) is 10.3. The monoisotopic (exact) mass is 285 g/mol. The molecule has 1 aliphatic rings. The highest BCUT2D eigenvalue weighted by atomic mass is 16.5. The van der Waals surface area contributed by atoms with E-state index in [1.54, 1.807) is 0 Å². The smallest absolute Gasteiger partial charge is 0.167 e. The highest BCUT2D eigenvalue weighted by Gasteiger charge is 2.29. The van der Waals surface area contributed by atoms with Crippen LogP contribution in [-0.2, 0) is 6.54 Å². The van der Waals surface area contributed by atoms with Crippen LogP contribution in [0.15, 0.2) is 40.9 Å². The van der Waals surface area contributed by atoms with Gasteiger partial charge in [0.05, 0.1) is 5.69 Å². The quantitative estimate of drug-likeness (QED) is 0.917. The summed E-state index contributed by atoms with van der Waals surface area (Å²) >= 11 is 0. The molecule has 0 spiro atoms. The molecule has 112 valence electrons. The first-order valence-electron chi connectivity index (χ1n) is 7.69. The van der Waals surface area contributed by atoms with Gasteiger partial charge in [-0.1, -0.05) is 41.9 Å². The van der Waals surface area contributed by atoms with E-state index in [1.807, 2.05) is 36.4 Å². The average Bonchev–Trinajstić information content (AvgIpc) is 3.16. The van der Waals surface area contributed by atoms with Crippen molar-refractivity contribution in [2.45, 2.75) is 31.8 Å². The first kappa shape index (κ1) is 14.3. The molecule has 1 aromatic heterocycles. The van der Waals surface area contributed by atoms with Gasteiger partial charge in [0.2, 0.25) is 0 Å². The maximum atomic E-state index is 5.87. The Morgan fingerprint density at radius 1 is 1.29 bits per heavy atom. The standard InChI is InChI=1S/C17H23N3O/c1-20(16-9-5-8-14(16)11-18)12-15-10-17(21-19-15)13-6-3-2-4-7-13/h2-4,6-7,10,14,16H,5,8-9,11-12,18H2,1H3. The third kappa shape index (κ3) is 3.17. The van der Waals surface area contributed by atoms with Crippen molar-refractivity contribution in [2.24, 2.45) is 11.7 Å². The minimum absolute atomic E-state index is 0.576. The largest absolute Gasteiger partial charge is 0.356 e. The Morgan fingerprint density at radius 3 is 2.86 bits per heavy atom. The SMILES string of the molecule is CN(Cc1cc(-c2ccccc2)on1)C1CCCC1CN. The van der Waals surface area contributed by atoms with E-state index in [1.165, 1.54) is 19.3 Å². The van der Waals surface area contributed by atoms with Gasteiger partial charge in [0, 0.05) is 24.2 Å². The van der Waals surface area contributed by atoms with E-state index in [2.05, 4.69) is 17.1 Å². The van der Waals surface area contributed by atoms with Gasteiger partial charge in [-0.2, -0.15) is 0 Å². The summed E-state index contributed by atoms with van der Waals surface area (Å²) in [5, 5.41) is 4.21. The van der Waals surface area contributed by atoms with Crippen LogP contribution in [0.2, 0.25) is 0 Å². The Morgan fingerprint density at radius 2 is 2.10 bits per heavy atom. The molecule has 21 heavy (non-hydrogen) atoms. The summed E-state index contributed by atoms with van der Waals surface area (Å²) in [6.07, 6.45) is 3.77. The molecule has 1 heterocycles. The van der Waals surface area contributed by atoms with Gasteiger partial charge < -0.3 is 10.3 Å². The lowest BCUT2D eigenvalue weighted by molar-refractivity contribution is 0.188. The summed E-state index contributed by atoms with van der Waals surface area (Å²) in [5.41, 5.74) is 7.93. The molecule has 4 nitrogen and oxygen atoms in total. The second-order valence-electron chi connectivity index (χ2n) is 5.96. The lowest BCUT2D eigenvalue weighted by atomic mass is 10.0. The maximum Gasteiger partial charge on any atom is 0.167 e. The molecule has 1 fully saturated rings. The molecular formula is C17H23N3O. The number of rotatable bonds is 5. The Balaban J connectivity index is 1.67. The van der Waals surface area contributed by atoms with Crippen molar-refractivity contribution in [3.8, 4) is 11.3 Å². The van der Waals surface area contributed by atoms with Crippen LogP contribution in [0, 0.1) is 5.92 Å². The second kappa shape index (κ2) is 6.41. The van der Waals surface area contributed by atoms with Crippen molar-refractivity contribution in [3.63, 3.8) is 0 Å². The summed E-state index contributed by atoms with van der Waals surface area (Å²) in [6, 6.07) is 12.7. The molecule has 3 rings (SSSR count). The Kier molecular flexibility index (Phi) is 4.36. The molecule has 2 atom stereocenters. The van der Waals surface area contributed by atoms with Gasteiger partial charge in [-0.15, -0.1) is 0 Å². The first-order valence-corrected chi connectivity index (χ1v) is 7.69. The van der Waals surface area contributed by atoms with E-state index in [0.29, 0.717) is 12.0 Å². The van der Waals surface area contributed by atoms with Gasteiger partial charge in [-0.25, -0.2) is 0 Å². The molecule has 0 aliphatic heterocycles. The molecule has 1 aromatic carbocycles. The van der Waals surface area contributed by atoms with E-state index in [0.717, 1.165) is 30.1 Å². The van der Waals surface area contributed by atoms with E-state index >= 15 is 0 Å². The normalized spacial score (nSPS) is 22.0. The second-order valence-corrected chi connectivity index (χ2v) is 5.96. The van der Waals surface area contributed by atoms with Crippen LogP contribution >= 0.6 is 0 Å². The zero-order valence-electron chi connectivity index (χ0n) is 12.5. The van der Waals surface area contributed by atoms with Crippen LogP contribution in [0.5, 0.6) is 0 Å². The molecule has 2 N–H and O–H groups in total. The summed E-state index contributed by atoms with van der Waals surface area (Å²) in [6.45, 7) is 1.60. The third-order valence-corrected chi connectivity index (χ3v) is 4.52. The Bertz CT molecular complexity index is 566. The van der Waals surface area contributed by atoms with Gasteiger partial charge in [-0.05, 0) is 32.4 Å². The minimum Gasteiger partial charge on any atom is -0.356 e. The Labute approximate surface area is 125 Å². The molecule has 0 amide bonds. The zero-order valence-corrected chi connectivity index (χ0v) is 12.5. The number of nitrogens with two attached hydrogens (primary N) is 1. The van der Waals surface area contributed by atoms with Crippen LogP contribution in [0.25, 0.3) is 11.3 Å². The molecule has 1 saturated carbocycles. The molecule has 0 radical (unpaired) electrons. The van der Waals surface area contributed by atoms with Gasteiger partial charge in [0.1, 0.15) is 0 Å². The highest BCUT2D eigenvalue weighted by molar-refractivity contribution is 5.56. The molecule has 4 heteroatoms. The topological polar surface area (TPSA) is 55.3 Å². The predicted molar refractivity (Wildman–Crippen MR) is 83.6 cm³/mol. The summed E-state index contributed by atoms with van der Waals surface area (Å²) < 4.78 is 5.47. The third-order valence-electron chi connectivity index (χ3n) is 4.52. The van der Waals surface area contributed by atoms with Crippen molar-refractivity contribution in [3.05, 3.63) is 42.1 Å². The summed E-state index contributed by atoms with van der Waals surface area (Å²) in [7, 11) is 2.16. The average molecular weight is 285 g/mol. The molecule has 0 saturated heterocycles. The van der Waals surface area contributed by atoms with Crippen molar-refractivity contribution in [2.75, 3.05) is 13.6 Å². The zero-order chi connectivity index (χ0) is 14.7. The predicted octanol–water partition coefficient (Wildman–Crippen LogP) is 2.90. The Hall–Kier alpha value is -1.65. The lowest BCUT2D eigenvalue weighted by Gasteiger charge is -2.28. The van der Waals surface area contributed by atoms with Crippen LogP contribution in [0.4, 0.5) is 0 Å². The van der Waals surface area contributed by atoms with Gasteiger partial charge >= 0.3 is 0 Å². The number of benzene rings is 1. The van der Waals surface area contributed by atoms with Crippen molar-refractivity contribution in [1.29, 1.82) is 0 Å². The van der Waals surface area contributed by atoms with Gasteiger partial charge in [0.25, 0.3) is 0 Å². The molecule has 0 bridgehead atoms. The fraction of sp³-hybridized carbons (Fsp3) is 0.471. The van der Waals surface area contributed by atoms with E-state index in [9.17, 15) is 0 Å². The van der Waals surface area contributed by atoms with Crippen LogP contribution in [0.1, 0.15) is 25.0 Å². The van der Waals surface area contributed by atoms with Gasteiger partial charge in [0.15, 0.2) is 5.76 Å². The lowest BCUT2D eigenvalue weighted by Crippen LogP contribution is -2.37.